The normalized spacial score (nSPS) is 11.1. The number of allylic oxidation sites excluding steroid dienone is 1. The minimum absolute atomic E-state index is 0.0663. The van der Waals surface area contributed by atoms with E-state index in [-0.39, 0.29) is 24.5 Å². The zero-order valence-electron chi connectivity index (χ0n) is 16.0. The van der Waals surface area contributed by atoms with E-state index in [0.717, 1.165) is 16.6 Å². The molecule has 0 unspecified atom stereocenters. The summed E-state index contributed by atoms with van der Waals surface area (Å²) in [6.45, 7) is 5.92. The van der Waals surface area contributed by atoms with Crippen LogP contribution in [0.2, 0.25) is 0 Å². The van der Waals surface area contributed by atoms with E-state index in [1.54, 1.807) is 24.3 Å². The lowest BCUT2D eigenvalue weighted by molar-refractivity contribution is 0.369. The summed E-state index contributed by atoms with van der Waals surface area (Å²) in [5.74, 6) is 0.745. The van der Waals surface area contributed by atoms with Gasteiger partial charge in [0.1, 0.15) is 6.54 Å². The van der Waals surface area contributed by atoms with Gasteiger partial charge in [-0.05, 0) is 24.1 Å². The van der Waals surface area contributed by atoms with Crippen molar-refractivity contribution < 1.29 is 4.52 Å². The smallest absolute Gasteiger partial charge is 0.332 e. The average Bonchev–Trinajstić information content (AvgIpc) is 3.23. The number of fused-ring (bicyclic) bond motifs is 1. The van der Waals surface area contributed by atoms with Crippen molar-refractivity contribution in [3.8, 4) is 11.4 Å². The molecule has 0 N–H and O–H groups in total. The number of nitrogens with zero attached hydrogens (tertiary/aromatic N) is 4. The molecule has 0 spiro atoms. The molecule has 0 radical (unpaired) electrons. The van der Waals surface area contributed by atoms with Crippen molar-refractivity contribution >= 4 is 10.9 Å². The van der Waals surface area contributed by atoms with Crippen LogP contribution in [0.1, 0.15) is 18.4 Å². The lowest BCUT2D eigenvalue weighted by Crippen LogP contribution is -2.40. The molecule has 2 aromatic heterocycles. The molecule has 0 atom stereocenters. The zero-order valence-corrected chi connectivity index (χ0v) is 16.0. The maximum absolute atomic E-state index is 12.9. The Balaban J connectivity index is 1.77. The third kappa shape index (κ3) is 3.42. The Morgan fingerprint density at radius 2 is 1.83 bits per heavy atom. The fourth-order valence-electron chi connectivity index (χ4n) is 3.27. The summed E-state index contributed by atoms with van der Waals surface area (Å²) in [4.78, 5) is 30.0. The second-order valence-electron chi connectivity index (χ2n) is 6.65. The number of aromatic nitrogens is 4. The number of aryl methyl sites for hydroxylation is 1. The maximum atomic E-state index is 12.9. The molecule has 0 aliphatic rings. The van der Waals surface area contributed by atoms with Crippen LogP contribution in [0.3, 0.4) is 0 Å². The fourth-order valence-corrected chi connectivity index (χ4v) is 3.27. The fraction of sp³-hybridized carbons (Fsp3) is 0.182. The Labute approximate surface area is 166 Å². The Hall–Kier alpha value is -3.74. The highest BCUT2D eigenvalue weighted by Gasteiger charge is 2.15. The molecule has 7 heteroatoms. The van der Waals surface area contributed by atoms with E-state index in [1.165, 1.54) is 16.2 Å². The molecule has 146 valence electrons. The van der Waals surface area contributed by atoms with E-state index >= 15 is 0 Å². The molecular weight excluding hydrogens is 368 g/mol. The Morgan fingerprint density at radius 1 is 1.07 bits per heavy atom. The van der Waals surface area contributed by atoms with Crippen LogP contribution < -0.4 is 11.2 Å². The van der Waals surface area contributed by atoms with Gasteiger partial charge in [0, 0.05) is 12.1 Å². The molecular formula is C22H20N4O3. The van der Waals surface area contributed by atoms with Gasteiger partial charge in [-0.3, -0.25) is 13.9 Å². The predicted molar refractivity (Wildman–Crippen MR) is 111 cm³/mol. The number of rotatable bonds is 6. The first-order valence-electron chi connectivity index (χ1n) is 9.37. The largest absolute Gasteiger partial charge is 0.337 e. The first kappa shape index (κ1) is 18.6. The van der Waals surface area contributed by atoms with Crippen LogP contribution >= 0.6 is 0 Å². The molecule has 0 amide bonds. The van der Waals surface area contributed by atoms with Gasteiger partial charge < -0.3 is 4.52 Å². The maximum Gasteiger partial charge on any atom is 0.332 e. The summed E-state index contributed by atoms with van der Waals surface area (Å²) in [6.07, 6.45) is 2.47. The van der Waals surface area contributed by atoms with Crippen molar-refractivity contribution in [1.29, 1.82) is 0 Å². The van der Waals surface area contributed by atoms with E-state index in [4.69, 9.17) is 4.52 Å². The van der Waals surface area contributed by atoms with E-state index in [9.17, 15) is 9.59 Å². The van der Waals surface area contributed by atoms with Crippen molar-refractivity contribution in [3.63, 3.8) is 0 Å². The van der Waals surface area contributed by atoms with Gasteiger partial charge in [-0.25, -0.2) is 4.79 Å². The lowest BCUT2D eigenvalue weighted by atomic mass is 10.1. The van der Waals surface area contributed by atoms with Crippen molar-refractivity contribution in [2.75, 3.05) is 0 Å². The van der Waals surface area contributed by atoms with Gasteiger partial charge in [-0.2, -0.15) is 4.98 Å². The summed E-state index contributed by atoms with van der Waals surface area (Å²) in [6, 6.07) is 14.9. The molecule has 0 aliphatic carbocycles. The molecule has 7 nitrogen and oxygen atoms in total. The van der Waals surface area contributed by atoms with Crippen LogP contribution in [0.25, 0.3) is 22.3 Å². The Bertz CT molecular complexity index is 1300. The molecule has 0 fully saturated rings. The molecule has 0 aliphatic heterocycles. The van der Waals surface area contributed by atoms with Crippen molar-refractivity contribution in [2.24, 2.45) is 0 Å². The highest BCUT2D eigenvalue weighted by Crippen LogP contribution is 2.18. The number of hydrogen-bond donors (Lipinski definition) is 0. The Kier molecular flexibility index (Phi) is 4.95. The topological polar surface area (TPSA) is 82.9 Å². The highest BCUT2D eigenvalue weighted by molar-refractivity contribution is 5.77. The quantitative estimate of drug-likeness (QED) is 0.474. The SMILES string of the molecule is C=CCn1c(=O)c2ccccc2n(Cc2nc(-c3ccc(CC)cc3)no2)c1=O. The molecule has 29 heavy (non-hydrogen) atoms. The van der Waals surface area contributed by atoms with E-state index in [1.807, 2.05) is 24.3 Å². The summed E-state index contributed by atoms with van der Waals surface area (Å²) >= 11 is 0. The zero-order chi connectivity index (χ0) is 20.4. The summed E-state index contributed by atoms with van der Waals surface area (Å²) < 4.78 is 8.00. The van der Waals surface area contributed by atoms with Crippen LogP contribution in [0.5, 0.6) is 0 Å². The van der Waals surface area contributed by atoms with Gasteiger partial charge in [0.2, 0.25) is 11.7 Å². The average molecular weight is 388 g/mol. The predicted octanol–water partition coefficient (Wildman–Crippen LogP) is 3.01. The standard InChI is InChI=1S/C22H20N4O3/c1-3-13-25-21(27)17-7-5-6-8-18(17)26(22(25)28)14-19-23-20(24-29-19)16-11-9-15(4-2)10-12-16/h3,5-12H,1,4,13-14H2,2H3. The number of para-hydroxylation sites is 1. The minimum atomic E-state index is -0.444. The van der Waals surface area contributed by atoms with Crippen molar-refractivity contribution in [1.82, 2.24) is 19.3 Å². The molecule has 0 saturated carbocycles. The second-order valence-corrected chi connectivity index (χ2v) is 6.65. The monoisotopic (exact) mass is 388 g/mol. The van der Waals surface area contributed by atoms with Gasteiger partial charge in [-0.1, -0.05) is 54.6 Å². The van der Waals surface area contributed by atoms with Gasteiger partial charge in [0.05, 0.1) is 10.9 Å². The third-order valence-corrected chi connectivity index (χ3v) is 4.83. The van der Waals surface area contributed by atoms with Crippen LogP contribution in [0, 0.1) is 0 Å². The van der Waals surface area contributed by atoms with E-state index in [2.05, 4.69) is 23.6 Å². The van der Waals surface area contributed by atoms with E-state index < -0.39 is 5.69 Å². The van der Waals surface area contributed by atoms with Crippen molar-refractivity contribution in [2.45, 2.75) is 26.4 Å². The number of hydrogen-bond acceptors (Lipinski definition) is 5. The van der Waals surface area contributed by atoms with Gasteiger partial charge in [0.15, 0.2) is 0 Å². The van der Waals surface area contributed by atoms with Crippen LogP contribution in [0.15, 0.2) is 75.3 Å². The van der Waals surface area contributed by atoms with Crippen LogP contribution in [-0.2, 0) is 19.5 Å². The van der Waals surface area contributed by atoms with Gasteiger partial charge in [-0.15, -0.1) is 6.58 Å². The first-order chi connectivity index (χ1) is 14.1. The Morgan fingerprint density at radius 3 is 2.55 bits per heavy atom. The summed E-state index contributed by atoms with van der Waals surface area (Å²) in [7, 11) is 0. The van der Waals surface area contributed by atoms with Crippen LogP contribution in [-0.4, -0.2) is 19.3 Å². The summed E-state index contributed by atoms with van der Waals surface area (Å²) in [5, 5.41) is 4.49. The third-order valence-electron chi connectivity index (χ3n) is 4.83. The second kappa shape index (κ2) is 7.71. The number of benzene rings is 2. The lowest BCUT2D eigenvalue weighted by Gasteiger charge is -2.11. The van der Waals surface area contributed by atoms with E-state index in [0.29, 0.717) is 16.7 Å². The van der Waals surface area contributed by atoms with Crippen molar-refractivity contribution in [3.05, 3.63) is 93.5 Å². The molecule has 2 heterocycles. The minimum Gasteiger partial charge on any atom is -0.337 e. The van der Waals surface area contributed by atoms with Gasteiger partial charge >= 0.3 is 5.69 Å². The highest BCUT2D eigenvalue weighted by atomic mass is 16.5. The molecule has 0 saturated heterocycles. The van der Waals surface area contributed by atoms with Crippen LogP contribution in [0.4, 0.5) is 0 Å². The molecule has 4 aromatic rings. The summed E-state index contributed by atoms with van der Waals surface area (Å²) in [5.41, 5.74) is 1.80. The molecule has 4 rings (SSSR count). The molecule has 2 aromatic carbocycles. The molecule has 0 bridgehead atoms. The van der Waals surface area contributed by atoms with Gasteiger partial charge in [0.25, 0.3) is 5.56 Å². The first-order valence-corrected chi connectivity index (χ1v) is 9.37.